The monoisotopic (exact) mass is 402 g/mol. The number of nitrogens with zero attached hydrogens (tertiary/aromatic N) is 3. The minimum absolute atomic E-state index is 0.483. The van der Waals surface area contributed by atoms with Gasteiger partial charge in [0, 0.05) is 31.9 Å². The molecule has 0 aliphatic carbocycles. The lowest BCUT2D eigenvalue weighted by molar-refractivity contribution is 0.112. The van der Waals surface area contributed by atoms with Gasteiger partial charge in [0.2, 0.25) is 0 Å². The molecule has 7 heteroatoms. The van der Waals surface area contributed by atoms with E-state index in [0.717, 1.165) is 33.5 Å². The number of aromatic nitrogens is 1. The number of carbonyl (C=O) groups excluding carboxylic acids is 1. The van der Waals surface area contributed by atoms with E-state index in [1.165, 1.54) is 11.3 Å². The summed E-state index contributed by atoms with van der Waals surface area (Å²) < 4.78 is 0. The molecule has 2 rings (SSSR count). The number of aliphatic imine (C=N–C) groups is 1. The van der Waals surface area contributed by atoms with Crippen LogP contribution < -0.4 is 10.2 Å². The van der Waals surface area contributed by atoms with Crippen LogP contribution in [-0.2, 0) is 0 Å². The Morgan fingerprint density at radius 1 is 1.44 bits per heavy atom. The third-order valence-electron chi connectivity index (χ3n) is 3.83. The van der Waals surface area contributed by atoms with Gasteiger partial charge in [-0.1, -0.05) is 18.2 Å². The number of anilines is 1. The van der Waals surface area contributed by atoms with Gasteiger partial charge in [0.05, 0.1) is 28.0 Å². The maximum absolute atomic E-state index is 11.5. The summed E-state index contributed by atoms with van der Waals surface area (Å²) in [6.45, 7) is 3.89. The second-order valence-corrected chi connectivity index (χ2v) is 7.24. The first-order chi connectivity index (χ1) is 13.0. The van der Waals surface area contributed by atoms with E-state index in [4.69, 9.17) is 11.6 Å². The van der Waals surface area contributed by atoms with Crippen LogP contribution in [0.25, 0.3) is 10.2 Å². The number of rotatable bonds is 8. The van der Waals surface area contributed by atoms with Gasteiger partial charge in [-0.15, -0.1) is 22.9 Å². The Kier molecular flexibility index (Phi) is 7.76. The molecule has 0 unspecified atom stereocenters. The Morgan fingerprint density at radius 3 is 2.85 bits per heavy atom. The van der Waals surface area contributed by atoms with Crippen LogP contribution in [0.5, 0.6) is 0 Å². The Labute approximate surface area is 168 Å². The van der Waals surface area contributed by atoms with Gasteiger partial charge in [0.25, 0.3) is 0 Å². The average Bonchev–Trinajstić information content (AvgIpc) is 3.03. The first-order valence-electron chi connectivity index (χ1n) is 8.41. The van der Waals surface area contributed by atoms with Gasteiger partial charge in [0.15, 0.2) is 6.29 Å². The van der Waals surface area contributed by atoms with Crippen LogP contribution in [0.15, 0.2) is 52.8 Å². The summed E-state index contributed by atoms with van der Waals surface area (Å²) in [5.74, 6) is 0.483. The van der Waals surface area contributed by atoms with Crippen molar-refractivity contribution >= 4 is 57.2 Å². The van der Waals surface area contributed by atoms with Gasteiger partial charge in [-0.05, 0) is 31.6 Å². The molecule has 1 N–H and O–H groups in total. The molecule has 0 aliphatic rings. The van der Waals surface area contributed by atoms with E-state index in [1.54, 1.807) is 12.5 Å². The Morgan fingerprint density at radius 2 is 2.22 bits per heavy atom. The zero-order chi connectivity index (χ0) is 19.8. The third kappa shape index (κ3) is 5.28. The summed E-state index contributed by atoms with van der Waals surface area (Å²) in [6.07, 6.45) is 12.0. The number of thiophene rings is 1. The van der Waals surface area contributed by atoms with Crippen LogP contribution in [0.3, 0.4) is 0 Å². The molecule has 0 atom stereocenters. The third-order valence-corrected chi connectivity index (χ3v) is 5.15. The van der Waals surface area contributed by atoms with Crippen LogP contribution in [-0.4, -0.2) is 37.6 Å². The summed E-state index contributed by atoms with van der Waals surface area (Å²) in [6, 6.07) is 1.92. The molecule has 0 saturated heterocycles. The van der Waals surface area contributed by atoms with Gasteiger partial charge in [-0.2, -0.15) is 0 Å². The van der Waals surface area contributed by atoms with Gasteiger partial charge >= 0.3 is 0 Å². The molecular formula is C20H23ClN4OS. The zero-order valence-corrected chi connectivity index (χ0v) is 17.4. The second kappa shape index (κ2) is 10.0. The molecule has 0 saturated carbocycles. The second-order valence-electron chi connectivity index (χ2n) is 5.95. The summed E-state index contributed by atoms with van der Waals surface area (Å²) in [4.78, 5) is 23.7. The fraction of sp³-hybridized carbons (Fsp3) is 0.250. The number of carbonyl (C=O) groups is 1. The smallest absolute Gasteiger partial charge is 0.162 e. The number of hydrogen-bond acceptors (Lipinski definition) is 5. The Bertz CT molecular complexity index is 925. The number of pyridine rings is 1. The van der Waals surface area contributed by atoms with Crippen molar-refractivity contribution in [2.75, 3.05) is 24.9 Å². The molecule has 0 spiro atoms. The predicted octanol–water partition coefficient (Wildman–Crippen LogP) is 5.07. The Hall–Kier alpha value is -2.44. The minimum atomic E-state index is 0.483. The maximum Gasteiger partial charge on any atom is 0.162 e. The first-order valence-corrected chi connectivity index (χ1v) is 9.76. The Balaban J connectivity index is 2.26. The number of aldehydes is 1. The number of fused-ring (bicyclic) bond motifs is 1. The zero-order valence-electron chi connectivity index (χ0n) is 15.9. The molecule has 27 heavy (non-hydrogen) atoms. The van der Waals surface area contributed by atoms with Gasteiger partial charge in [0.1, 0.15) is 4.83 Å². The normalized spacial score (nSPS) is 13.1. The first kappa shape index (κ1) is 20.9. The standard InChI is InChI=1S/C20H23ClN4OS/c1-5-15(11-21)8-6-7-14(2)23-13-24-19-17(12-26)27-20-18(19)16(25(3)4)9-10-22-20/h5-10,12-13H,11H2,1-4H3,(H,23,24)/b8-6-,14-7+,15-5+. The number of nitrogens with one attached hydrogen (secondary N) is 1. The van der Waals surface area contributed by atoms with Crippen molar-refractivity contribution in [3.63, 3.8) is 0 Å². The number of hydrogen-bond donors (Lipinski definition) is 1. The molecule has 0 amide bonds. The predicted molar refractivity (Wildman–Crippen MR) is 118 cm³/mol. The molecule has 5 nitrogen and oxygen atoms in total. The number of allylic oxidation sites excluding steroid dienone is 6. The van der Waals surface area contributed by atoms with Gasteiger partial charge in [-0.3, -0.25) is 4.79 Å². The number of halogens is 1. The largest absolute Gasteiger partial charge is 0.377 e. The summed E-state index contributed by atoms with van der Waals surface area (Å²) in [7, 11) is 3.91. The van der Waals surface area contributed by atoms with Crippen molar-refractivity contribution in [1.82, 2.24) is 10.3 Å². The van der Waals surface area contributed by atoms with Crippen molar-refractivity contribution in [2.24, 2.45) is 4.99 Å². The molecule has 0 bridgehead atoms. The molecule has 2 aromatic rings. The van der Waals surface area contributed by atoms with Crippen molar-refractivity contribution in [2.45, 2.75) is 13.8 Å². The van der Waals surface area contributed by atoms with Crippen molar-refractivity contribution in [1.29, 1.82) is 0 Å². The van der Waals surface area contributed by atoms with Crippen LogP contribution in [0.1, 0.15) is 23.5 Å². The minimum Gasteiger partial charge on any atom is -0.377 e. The highest BCUT2D eigenvalue weighted by atomic mass is 35.5. The van der Waals surface area contributed by atoms with Crippen LogP contribution in [0.4, 0.5) is 11.4 Å². The lowest BCUT2D eigenvalue weighted by atomic mass is 10.2. The molecule has 0 aliphatic heterocycles. The summed E-state index contributed by atoms with van der Waals surface area (Å²) >= 11 is 7.17. The summed E-state index contributed by atoms with van der Waals surface area (Å²) in [5, 5.41) is 4.00. The van der Waals surface area contributed by atoms with E-state index in [1.807, 2.05) is 63.2 Å². The van der Waals surface area contributed by atoms with Gasteiger partial charge < -0.3 is 10.2 Å². The molecule has 0 fully saturated rings. The highest BCUT2D eigenvalue weighted by Crippen LogP contribution is 2.40. The topological polar surface area (TPSA) is 57.6 Å². The van der Waals surface area contributed by atoms with Crippen LogP contribution in [0, 0.1) is 0 Å². The highest BCUT2D eigenvalue weighted by molar-refractivity contribution is 7.21. The highest BCUT2D eigenvalue weighted by Gasteiger charge is 2.16. The van der Waals surface area contributed by atoms with Crippen LogP contribution in [0.2, 0.25) is 0 Å². The van der Waals surface area contributed by atoms with Crippen molar-refractivity contribution in [3.8, 4) is 0 Å². The van der Waals surface area contributed by atoms with E-state index < -0.39 is 0 Å². The van der Waals surface area contributed by atoms with Crippen molar-refractivity contribution < 1.29 is 4.79 Å². The van der Waals surface area contributed by atoms with E-state index in [-0.39, 0.29) is 0 Å². The molecule has 2 heterocycles. The fourth-order valence-corrected chi connectivity index (χ4v) is 3.54. The quantitative estimate of drug-likeness (QED) is 0.220. The lowest BCUT2D eigenvalue weighted by Gasteiger charge is -2.13. The van der Waals surface area contributed by atoms with E-state index in [0.29, 0.717) is 16.4 Å². The summed E-state index contributed by atoms with van der Waals surface area (Å²) in [5.41, 5.74) is 3.58. The number of alkyl halides is 1. The molecule has 0 radical (unpaired) electrons. The molecule has 2 aromatic heterocycles. The van der Waals surface area contributed by atoms with Gasteiger partial charge in [-0.25, -0.2) is 9.98 Å². The SMILES string of the molecule is C\C=C(/C=C\C=C(/C)NC=Nc1c(C=O)sc2nccc(N(C)C)c12)CCl. The van der Waals surface area contributed by atoms with E-state index in [9.17, 15) is 4.79 Å². The van der Waals surface area contributed by atoms with Crippen LogP contribution >= 0.6 is 22.9 Å². The lowest BCUT2D eigenvalue weighted by Crippen LogP contribution is -2.09. The molecule has 142 valence electrons. The molecular weight excluding hydrogens is 380 g/mol. The van der Waals surface area contributed by atoms with E-state index in [2.05, 4.69) is 15.3 Å². The van der Waals surface area contributed by atoms with Crippen molar-refractivity contribution in [3.05, 3.63) is 52.7 Å². The fourth-order valence-electron chi connectivity index (χ4n) is 2.37. The molecule has 0 aromatic carbocycles. The maximum atomic E-state index is 11.5. The van der Waals surface area contributed by atoms with E-state index >= 15 is 0 Å². The average molecular weight is 403 g/mol.